The third kappa shape index (κ3) is 3.13. The molecule has 0 fully saturated rings. The fourth-order valence-electron chi connectivity index (χ4n) is 2.57. The number of ether oxygens (including phenoxy) is 1. The minimum Gasteiger partial charge on any atom is -0.439 e. The highest BCUT2D eigenvalue weighted by Crippen LogP contribution is 2.24. The Bertz CT molecular complexity index is 997. The van der Waals surface area contributed by atoms with Crippen molar-refractivity contribution in [3.63, 3.8) is 0 Å². The molecule has 0 saturated carbocycles. The van der Waals surface area contributed by atoms with Crippen LogP contribution in [0.2, 0.25) is 0 Å². The second-order valence-corrected chi connectivity index (χ2v) is 5.62. The maximum absolute atomic E-state index is 12.3. The zero-order valence-corrected chi connectivity index (χ0v) is 13.9. The lowest BCUT2D eigenvalue weighted by atomic mass is 10.1. The highest BCUT2D eigenvalue weighted by molar-refractivity contribution is 6.21. The van der Waals surface area contributed by atoms with Crippen molar-refractivity contribution in [2.24, 2.45) is 0 Å². The summed E-state index contributed by atoms with van der Waals surface area (Å²) in [5, 5.41) is 0.477. The SMILES string of the molecule is O=C(ON1C(=O)c2ccccc2C1=O)c1ccc(Oc2ccccn2)cc1. The van der Waals surface area contributed by atoms with Crippen LogP contribution in [0.3, 0.4) is 0 Å². The second kappa shape index (κ2) is 6.72. The van der Waals surface area contributed by atoms with E-state index in [0.717, 1.165) is 0 Å². The number of hydrogen-bond acceptors (Lipinski definition) is 6. The first kappa shape index (κ1) is 16.5. The summed E-state index contributed by atoms with van der Waals surface area (Å²) in [4.78, 5) is 45.8. The average molecular weight is 360 g/mol. The monoisotopic (exact) mass is 360 g/mol. The molecule has 0 aliphatic carbocycles. The Balaban J connectivity index is 1.46. The van der Waals surface area contributed by atoms with Gasteiger partial charge in [-0.3, -0.25) is 9.59 Å². The summed E-state index contributed by atoms with van der Waals surface area (Å²) in [6.45, 7) is 0. The Hall–Kier alpha value is -4.00. The van der Waals surface area contributed by atoms with E-state index in [0.29, 0.717) is 16.7 Å². The molecule has 0 bridgehead atoms. The van der Waals surface area contributed by atoms with Crippen LogP contribution < -0.4 is 4.74 Å². The van der Waals surface area contributed by atoms with Gasteiger partial charge in [0, 0.05) is 12.3 Å². The van der Waals surface area contributed by atoms with Crippen molar-refractivity contribution in [1.29, 1.82) is 0 Å². The summed E-state index contributed by atoms with van der Waals surface area (Å²) in [6, 6.07) is 17.6. The van der Waals surface area contributed by atoms with E-state index in [1.165, 1.54) is 24.3 Å². The molecule has 7 heteroatoms. The largest absolute Gasteiger partial charge is 0.439 e. The van der Waals surface area contributed by atoms with E-state index >= 15 is 0 Å². The van der Waals surface area contributed by atoms with Gasteiger partial charge in [-0.25, -0.2) is 9.78 Å². The molecule has 1 aliphatic rings. The predicted octanol–water partition coefficient (Wildman–Crippen LogP) is 3.24. The van der Waals surface area contributed by atoms with Gasteiger partial charge >= 0.3 is 5.97 Å². The first-order chi connectivity index (χ1) is 13.1. The maximum Gasteiger partial charge on any atom is 0.363 e. The molecule has 1 aromatic heterocycles. The molecule has 7 nitrogen and oxygen atoms in total. The predicted molar refractivity (Wildman–Crippen MR) is 93.1 cm³/mol. The molecule has 0 spiro atoms. The van der Waals surface area contributed by atoms with Crippen molar-refractivity contribution in [3.8, 4) is 11.6 Å². The van der Waals surface area contributed by atoms with Gasteiger partial charge in [-0.05, 0) is 42.5 Å². The second-order valence-electron chi connectivity index (χ2n) is 5.62. The zero-order chi connectivity index (χ0) is 18.8. The first-order valence-electron chi connectivity index (χ1n) is 8.02. The van der Waals surface area contributed by atoms with Gasteiger partial charge in [-0.15, -0.1) is 0 Å². The average Bonchev–Trinajstić information content (AvgIpc) is 2.94. The number of benzene rings is 2. The molecular weight excluding hydrogens is 348 g/mol. The van der Waals surface area contributed by atoms with Crippen LogP contribution >= 0.6 is 0 Å². The standard InChI is InChI=1S/C20H12N2O5/c23-18-15-5-1-2-6-16(15)19(24)22(18)27-20(25)13-8-10-14(11-9-13)26-17-7-3-4-12-21-17/h1-12H. The van der Waals surface area contributed by atoms with Gasteiger partial charge < -0.3 is 9.57 Å². The van der Waals surface area contributed by atoms with Gasteiger partial charge in [0.1, 0.15) is 5.75 Å². The molecule has 0 unspecified atom stereocenters. The number of imide groups is 1. The van der Waals surface area contributed by atoms with Crippen LogP contribution in [0.5, 0.6) is 11.6 Å². The Morgan fingerprint density at radius 3 is 2.04 bits per heavy atom. The maximum atomic E-state index is 12.3. The Labute approximate surface area is 153 Å². The zero-order valence-electron chi connectivity index (χ0n) is 13.9. The quantitative estimate of drug-likeness (QED) is 0.664. The summed E-state index contributed by atoms with van der Waals surface area (Å²) in [5.74, 6) is -1.27. The van der Waals surface area contributed by atoms with Gasteiger partial charge in [-0.2, -0.15) is 0 Å². The van der Waals surface area contributed by atoms with E-state index < -0.39 is 17.8 Å². The molecule has 0 radical (unpaired) electrons. The van der Waals surface area contributed by atoms with Crippen molar-refractivity contribution in [2.75, 3.05) is 0 Å². The van der Waals surface area contributed by atoms with Crippen LogP contribution in [0, 0.1) is 0 Å². The number of fused-ring (bicyclic) bond motifs is 1. The molecule has 1 aliphatic heterocycles. The van der Waals surface area contributed by atoms with Crippen LogP contribution in [-0.4, -0.2) is 27.8 Å². The van der Waals surface area contributed by atoms with Crippen LogP contribution in [-0.2, 0) is 4.84 Å². The Morgan fingerprint density at radius 1 is 0.815 bits per heavy atom. The van der Waals surface area contributed by atoms with Crippen LogP contribution in [0.4, 0.5) is 0 Å². The minimum atomic E-state index is -0.825. The number of aromatic nitrogens is 1. The number of carbonyl (C=O) groups excluding carboxylic acids is 3. The lowest BCUT2D eigenvalue weighted by Gasteiger charge is -2.12. The molecule has 4 rings (SSSR count). The molecule has 132 valence electrons. The van der Waals surface area contributed by atoms with Crippen molar-refractivity contribution >= 4 is 17.8 Å². The normalized spacial score (nSPS) is 12.7. The number of nitrogens with zero attached hydrogens (tertiary/aromatic N) is 2. The van der Waals surface area contributed by atoms with E-state index in [2.05, 4.69) is 4.98 Å². The summed E-state index contributed by atoms with van der Waals surface area (Å²) < 4.78 is 5.54. The van der Waals surface area contributed by atoms with Crippen LogP contribution in [0.15, 0.2) is 72.9 Å². The van der Waals surface area contributed by atoms with Gasteiger partial charge in [0.25, 0.3) is 11.8 Å². The topological polar surface area (TPSA) is 85.8 Å². The molecule has 0 atom stereocenters. The van der Waals surface area contributed by atoms with Gasteiger partial charge in [0.05, 0.1) is 16.7 Å². The van der Waals surface area contributed by atoms with Crippen LogP contribution in [0.25, 0.3) is 0 Å². The first-order valence-corrected chi connectivity index (χ1v) is 8.02. The van der Waals surface area contributed by atoms with Crippen molar-refractivity contribution in [1.82, 2.24) is 10.0 Å². The molecule has 27 heavy (non-hydrogen) atoms. The fraction of sp³-hybridized carbons (Fsp3) is 0. The Morgan fingerprint density at radius 2 is 1.44 bits per heavy atom. The van der Waals surface area contributed by atoms with E-state index in [1.807, 2.05) is 0 Å². The lowest BCUT2D eigenvalue weighted by Crippen LogP contribution is -2.32. The number of rotatable bonds is 4. The van der Waals surface area contributed by atoms with Crippen molar-refractivity contribution < 1.29 is 24.0 Å². The molecule has 2 aromatic carbocycles. The summed E-state index contributed by atoms with van der Waals surface area (Å²) in [6.07, 6.45) is 1.60. The highest BCUT2D eigenvalue weighted by Gasteiger charge is 2.38. The van der Waals surface area contributed by atoms with E-state index in [4.69, 9.17) is 9.57 Å². The molecule has 0 saturated heterocycles. The number of pyridine rings is 1. The molecule has 0 N–H and O–H groups in total. The van der Waals surface area contributed by atoms with Crippen molar-refractivity contribution in [3.05, 3.63) is 89.6 Å². The fourth-order valence-corrected chi connectivity index (χ4v) is 2.57. The van der Waals surface area contributed by atoms with Gasteiger partial charge in [0.15, 0.2) is 0 Å². The number of hydroxylamine groups is 2. The van der Waals surface area contributed by atoms with Crippen molar-refractivity contribution in [2.45, 2.75) is 0 Å². The number of carbonyl (C=O) groups is 3. The van der Waals surface area contributed by atoms with Crippen LogP contribution in [0.1, 0.15) is 31.1 Å². The van der Waals surface area contributed by atoms with E-state index in [9.17, 15) is 14.4 Å². The van der Waals surface area contributed by atoms with Gasteiger partial charge in [0.2, 0.25) is 5.88 Å². The number of amides is 2. The molecule has 2 amide bonds. The summed E-state index contributed by atoms with van der Waals surface area (Å²) >= 11 is 0. The molecule has 2 heterocycles. The third-order valence-electron chi connectivity index (χ3n) is 3.88. The van der Waals surface area contributed by atoms with Gasteiger partial charge in [-0.1, -0.05) is 23.3 Å². The number of hydrogen-bond donors (Lipinski definition) is 0. The Kier molecular flexibility index (Phi) is 4.10. The summed E-state index contributed by atoms with van der Waals surface area (Å²) in [5.41, 5.74) is 0.573. The minimum absolute atomic E-state index is 0.167. The highest BCUT2D eigenvalue weighted by atomic mass is 16.7. The molecule has 3 aromatic rings. The van der Waals surface area contributed by atoms with E-state index in [-0.39, 0.29) is 16.7 Å². The smallest absolute Gasteiger partial charge is 0.363 e. The third-order valence-corrected chi connectivity index (χ3v) is 3.88. The lowest BCUT2D eigenvalue weighted by molar-refractivity contribution is -0.0584. The molecular formula is C20H12N2O5. The van der Waals surface area contributed by atoms with E-state index in [1.54, 1.807) is 48.7 Å². The summed E-state index contributed by atoms with van der Waals surface area (Å²) in [7, 11) is 0.